The van der Waals surface area contributed by atoms with Gasteiger partial charge in [0.05, 0.1) is 5.69 Å². The smallest absolute Gasteiger partial charge is 0.191 e. The van der Waals surface area contributed by atoms with Gasteiger partial charge in [-0.2, -0.15) is 0 Å². The number of nitrogens with one attached hydrogen (secondary N) is 1. The fourth-order valence-electron chi connectivity index (χ4n) is 2.58. The summed E-state index contributed by atoms with van der Waals surface area (Å²) in [5.74, 6) is 0.599. The van der Waals surface area contributed by atoms with Gasteiger partial charge in [-0.1, -0.05) is 19.1 Å². The Morgan fingerprint density at radius 2 is 2.16 bits per heavy atom. The molecule has 0 spiro atoms. The standard InChI is InChI=1S/C20H21N3O2/c1-3-18-20(7-4-14(2)23-18)25-13-17(24)12-21-11-15-5-6-16-8-9-22-19(16)10-15/h4-11,22H,3,12-13H2,1-2H3. The van der Waals surface area contributed by atoms with Crippen molar-refractivity contribution in [2.45, 2.75) is 20.3 Å². The molecule has 0 fully saturated rings. The molecule has 0 aliphatic heterocycles. The number of fused-ring (bicyclic) bond motifs is 1. The van der Waals surface area contributed by atoms with Crippen LogP contribution < -0.4 is 4.74 Å². The normalized spacial score (nSPS) is 11.3. The molecule has 0 aliphatic carbocycles. The van der Waals surface area contributed by atoms with Crippen molar-refractivity contribution in [1.29, 1.82) is 0 Å². The highest BCUT2D eigenvalue weighted by Crippen LogP contribution is 2.17. The molecule has 2 heterocycles. The molecule has 0 unspecified atom stereocenters. The first-order chi connectivity index (χ1) is 12.2. The van der Waals surface area contributed by atoms with Crippen LogP contribution in [-0.2, 0) is 11.2 Å². The summed E-state index contributed by atoms with van der Waals surface area (Å²) in [4.78, 5) is 23.8. The molecule has 0 saturated heterocycles. The van der Waals surface area contributed by atoms with E-state index in [2.05, 4.69) is 15.0 Å². The quantitative estimate of drug-likeness (QED) is 0.672. The van der Waals surface area contributed by atoms with E-state index < -0.39 is 0 Å². The zero-order chi connectivity index (χ0) is 17.6. The zero-order valence-electron chi connectivity index (χ0n) is 14.5. The fourth-order valence-corrected chi connectivity index (χ4v) is 2.58. The zero-order valence-corrected chi connectivity index (χ0v) is 14.5. The predicted octanol–water partition coefficient (Wildman–Crippen LogP) is 3.50. The van der Waals surface area contributed by atoms with Gasteiger partial charge in [0.1, 0.15) is 18.9 Å². The number of ketones is 1. The Morgan fingerprint density at radius 3 is 3.00 bits per heavy atom. The topological polar surface area (TPSA) is 67.3 Å². The maximum atomic E-state index is 12.0. The van der Waals surface area contributed by atoms with Gasteiger partial charge in [0.15, 0.2) is 5.78 Å². The number of hydrogen-bond acceptors (Lipinski definition) is 4. The molecule has 5 nitrogen and oxygen atoms in total. The molecule has 128 valence electrons. The number of carbonyl (C=O) groups is 1. The Balaban J connectivity index is 1.54. The van der Waals surface area contributed by atoms with Crippen LogP contribution >= 0.6 is 0 Å². The fraction of sp³-hybridized carbons (Fsp3) is 0.250. The number of ether oxygens (including phenoxy) is 1. The Labute approximate surface area is 146 Å². The van der Waals surface area contributed by atoms with Crippen LogP contribution in [0.2, 0.25) is 0 Å². The molecule has 0 saturated carbocycles. The number of H-pyrrole nitrogens is 1. The Hall–Kier alpha value is -2.95. The van der Waals surface area contributed by atoms with Crippen LogP contribution in [0.3, 0.4) is 0 Å². The highest BCUT2D eigenvalue weighted by atomic mass is 16.5. The first-order valence-corrected chi connectivity index (χ1v) is 8.33. The number of Topliss-reactive ketones (excluding diaryl/α,β-unsaturated/α-hetero) is 1. The SMILES string of the molecule is CCc1nc(C)ccc1OCC(=O)CN=Cc1ccc2cc[nH]c2c1. The number of aromatic nitrogens is 2. The summed E-state index contributed by atoms with van der Waals surface area (Å²) in [7, 11) is 0. The number of nitrogens with zero attached hydrogens (tertiary/aromatic N) is 2. The number of pyridine rings is 1. The number of aryl methyl sites for hydroxylation is 2. The minimum atomic E-state index is -0.0696. The largest absolute Gasteiger partial charge is 0.484 e. The van der Waals surface area contributed by atoms with E-state index in [1.165, 1.54) is 0 Å². The van der Waals surface area contributed by atoms with E-state index in [1.807, 2.05) is 56.4 Å². The van der Waals surface area contributed by atoms with Gasteiger partial charge < -0.3 is 9.72 Å². The molecular weight excluding hydrogens is 314 g/mol. The van der Waals surface area contributed by atoms with Gasteiger partial charge in [0.25, 0.3) is 0 Å². The second-order valence-electron chi connectivity index (χ2n) is 5.87. The first-order valence-electron chi connectivity index (χ1n) is 8.33. The number of aliphatic imine (C=N–C) groups is 1. The third-order valence-electron chi connectivity index (χ3n) is 3.88. The summed E-state index contributed by atoms with van der Waals surface area (Å²) in [5.41, 5.74) is 3.83. The van der Waals surface area contributed by atoms with E-state index in [0.29, 0.717) is 5.75 Å². The first kappa shape index (κ1) is 16.9. The van der Waals surface area contributed by atoms with Gasteiger partial charge in [0, 0.05) is 23.6 Å². The van der Waals surface area contributed by atoms with Crippen LogP contribution in [-0.4, -0.2) is 35.1 Å². The van der Waals surface area contributed by atoms with Gasteiger partial charge in [-0.15, -0.1) is 0 Å². The maximum absolute atomic E-state index is 12.0. The second-order valence-corrected chi connectivity index (χ2v) is 5.87. The molecule has 0 bridgehead atoms. The van der Waals surface area contributed by atoms with E-state index in [1.54, 1.807) is 6.21 Å². The summed E-state index contributed by atoms with van der Waals surface area (Å²) in [6.07, 6.45) is 4.38. The molecule has 0 radical (unpaired) electrons. The summed E-state index contributed by atoms with van der Waals surface area (Å²) in [6, 6.07) is 11.8. The Morgan fingerprint density at radius 1 is 1.28 bits per heavy atom. The lowest BCUT2D eigenvalue weighted by Crippen LogP contribution is -2.15. The van der Waals surface area contributed by atoms with Crippen LogP contribution in [0.4, 0.5) is 0 Å². The van der Waals surface area contributed by atoms with E-state index in [0.717, 1.165) is 34.3 Å². The van der Waals surface area contributed by atoms with Gasteiger partial charge in [-0.05, 0) is 48.6 Å². The van der Waals surface area contributed by atoms with Crippen LogP contribution in [0.5, 0.6) is 5.75 Å². The number of hydrogen-bond donors (Lipinski definition) is 1. The summed E-state index contributed by atoms with van der Waals surface area (Å²) in [6.45, 7) is 4.06. The number of carbonyl (C=O) groups excluding carboxylic acids is 1. The van der Waals surface area contributed by atoms with Crippen LogP contribution in [0, 0.1) is 6.92 Å². The maximum Gasteiger partial charge on any atom is 0.191 e. The van der Waals surface area contributed by atoms with Crippen molar-refractivity contribution >= 4 is 22.9 Å². The van der Waals surface area contributed by atoms with E-state index >= 15 is 0 Å². The van der Waals surface area contributed by atoms with Crippen molar-refractivity contribution in [3.05, 3.63) is 59.5 Å². The monoisotopic (exact) mass is 335 g/mol. The van der Waals surface area contributed by atoms with Gasteiger partial charge >= 0.3 is 0 Å². The van der Waals surface area contributed by atoms with E-state index in [4.69, 9.17) is 4.74 Å². The minimum absolute atomic E-state index is 0.00471. The number of benzene rings is 1. The lowest BCUT2D eigenvalue weighted by atomic mass is 10.2. The highest BCUT2D eigenvalue weighted by molar-refractivity contribution is 5.90. The molecule has 5 heteroatoms. The van der Waals surface area contributed by atoms with Gasteiger partial charge in [-0.3, -0.25) is 14.8 Å². The van der Waals surface area contributed by atoms with E-state index in [-0.39, 0.29) is 18.9 Å². The summed E-state index contributed by atoms with van der Waals surface area (Å²) < 4.78 is 5.60. The van der Waals surface area contributed by atoms with Crippen molar-refractivity contribution < 1.29 is 9.53 Å². The van der Waals surface area contributed by atoms with Crippen LogP contribution in [0.1, 0.15) is 23.9 Å². The Kier molecular flexibility index (Phi) is 5.23. The van der Waals surface area contributed by atoms with Crippen LogP contribution in [0.25, 0.3) is 10.9 Å². The van der Waals surface area contributed by atoms with Gasteiger partial charge in [-0.25, -0.2) is 0 Å². The molecule has 1 N–H and O–H groups in total. The minimum Gasteiger partial charge on any atom is -0.484 e. The van der Waals surface area contributed by atoms with Crippen molar-refractivity contribution in [2.75, 3.05) is 13.2 Å². The predicted molar refractivity (Wildman–Crippen MR) is 99.6 cm³/mol. The van der Waals surface area contributed by atoms with Gasteiger partial charge in [0.2, 0.25) is 0 Å². The third-order valence-corrected chi connectivity index (χ3v) is 3.88. The summed E-state index contributed by atoms with van der Waals surface area (Å²) in [5, 5.41) is 1.15. The average molecular weight is 335 g/mol. The number of rotatable bonds is 7. The van der Waals surface area contributed by atoms with Crippen molar-refractivity contribution in [3.8, 4) is 5.75 Å². The molecular formula is C20H21N3O2. The van der Waals surface area contributed by atoms with Crippen molar-refractivity contribution in [2.24, 2.45) is 4.99 Å². The van der Waals surface area contributed by atoms with E-state index in [9.17, 15) is 4.79 Å². The molecule has 0 amide bonds. The molecule has 3 rings (SSSR count). The summed E-state index contributed by atoms with van der Waals surface area (Å²) >= 11 is 0. The molecule has 3 aromatic rings. The lowest BCUT2D eigenvalue weighted by molar-refractivity contribution is -0.119. The average Bonchev–Trinajstić information content (AvgIpc) is 3.08. The molecule has 1 aromatic carbocycles. The number of aromatic amines is 1. The molecule has 0 atom stereocenters. The Bertz CT molecular complexity index is 912. The molecule has 25 heavy (non-hydrogen) atoms. The highest BCUT2D eigenvalue weighted by Gasteiger charge is 2.07. The lowest BCUT2D eigenvalue weighted by Gasteiger charge is -2.09. The second kappa shape index (κ2) is 7.75. The van der Waals surface area contributed by atoms with Crippen molar-refractivity contribution in [3.63, 3.8) is 0 Å². The molecule has 2 aromatic heterocycles. The third kappa shape index (κ3) is 4.32. The van der Waals surface area contributed by atoms with Crippen molar-refractivity contribution in [1.82, 2.24) is 9.97 Å². The van der Waals surface area contributed by atoms with Crippen LogP contribution in [0.15, 0.2) is 47.6 Å². The molecule has 0 aliphatic rings.